The summed E-state index contributed by atoms with van der Waals surface area (Å²) in [4.78, 5) is 25.2. The monoisotopic (exact) mass is 328 g/mol. The second-order valence-electron chi connectivity index (χ2n) is 7.60. The molecular formula is C19H20O5. The molecule has 2 fully saturated rings. The minimum absolute atomic E-state index is 0.0749. The van der Waals surface area contributed by atoms with Crippen LogP contribution in [0.15, 0.2) is 34.2 Å². The summed E-state index contributed by atoms with van der Waals surface area (Å²) in [6.07, 6.45) is 6.92. The van der Waals surface area contributed by atoms with Crippen molar-refractivity contribution in [3.8, 4) is 0 Å². The van der Waals surface area contributed by atoms with Crippen LogP contribution in [0.1, 0.15) is 50.7 Å². The first kappa shape index (κ1) is 14.3. The Bertz CT molecular complexity index is 746. The number of furan rings is 1. The van der Waals surface area contributed by atoms with Crippen LogP contribution in [0, 0.1) is 17.3 Å². The fourth-order valence-corrected chi connectivity index (χ4v) is 5.48. The third kappa shape index (κ3) is 1.65. The molecule has 1 saturated heterocycles. The second kappa shape index (κ2) is 4.74. The summed E-state index contributed by atoms with van der Waals surface area (Å²) < 4.78 is 16.6. The molecule has 5 atom stereocenters. The number of fused-ring (bicyclic) bond motifs is 1. The maximum atomic E-state index is 13.0. The summed E-state index contributed by atoms with van der Waals surface area (Å²) in [5.74, 6) is -0.0730. The maximum absolute atomic E-state index is 13.0. The van der Waals surface area contributed by atoms with Gasteiger partial charge in [0.15, 0.2) is 0 Å². The van der Waals surface area contributed by atoms with E-state index in [2.05, 4.69) is 6.92 Å². The number of cyclic esters (lactones) is 1. The molecule has 3 heterocycles. The lowest BCUT2D eigenvalue weighted by molar-refractivity contribution is -0.156. The van der Waals surface area contributed by atoms with Gasteiger partial charge in [-0.15, -0.1) is 0 Å². The van der Waals surface area contributed by atoms with Crippen LogP contribution < -0.4 is 0 Å². The smallest absolute Gasteiger partial charge is 0.334 e. The lowest BCUT2D eigenvalue weighted by atomic mass is 9.54. The van der Waals surface area contributed by atoms with Gasteiger partial charge in [0, 0.05) is 23.5 Å². The fraction of sp³-hybridized carbons (Fsp3) is 0.579. The molecule has 0 amide bonds. The number of carbonyl (C=O) groups is 2. The lowest BCUT2D eigenvalue weighted by Gasteiger charge is -2.47. The molecular weight excluding hydrogens is 308 g/mol. The van der Waals surface area contributed by atoms with E-state index in [1.165, 1.54) is 0 Å². The summed E-state index contributed by atoms with van der Waals surface area (Å²) in [6, 6.07) is 1.86. The Morgan fingerprint density at radius 2 is 2.08 bits per heavy atom. The van der Waals surface area contributed by atoms with Gasteiger partial charge in [0.25, 0.3) is 0 Å². The third-order valence-corrected chi connectivity index (χ3v) is 6.62. The molecule has 0 aromatic carbocycles. The minimum Gasteiger partial charge on any atom is -0.472 e. The Balaban J connectivity index is 1.59. The molecule has 1 saturated carbocycles. The van der Waals surface area contributed by atoms with Crippen LogP contribution in [0.2, 0.25) is 0 Å². The number of esters is 2. The van der Waals surface area contributed by atoms with Crippen LogP contribution in [-0.2, 0) is 19.1 Å². The Kier molecular flexibility index (Phi) is 2.83. The van der Waals surface area contributed by atoms with E-state index < -0.39 is 5.41 Å². The quantitative estimate of drug-likeness (QED) is 0.740. The highest BCUT2D eigenvalue weighted by atomic mass is 16.6. The standard InChI is InChI=1S/C19H20O5/c1-10-7-14-16-12(17(20)23-14)3-2-4-13(16)19(10)8-15(24-18(19)21)11-5-6-22-9-11/h5-6,9-10,13-15H,2-4,7-8H2,1H3/t10-,13+,14-,15-,19-/m1/s1. The van der Waals surface area contributed by atoms with Gasteiger partial charge in [0.05, 0.1) is 17.9 Å². The Morgan fingerprint density at radius 3 is 2.88 bits per heavy atom. The van der Waals surface area contributed by atoms with Crippen LogP contribution in [0.4, 0.5) is 0 Å². The van der Waals surface area contributed by atoms with Crippen LogP contribution >= 0.6 is 0 Å². The molecule has 4 aliphatic rings. The van der Waals surface area contributed by atoms with Crippen molar-refractivity contribution in [3.63, 3.8) is 0 Å². The molecule has 2 aliphatic heterocycles. The molecule has 24 heavy (non-hydrogen) atoms. The van der Waals surface area contributed by atoms with E-state index in [4.69, 9.17) is 13.9 Å². The molecule has 0 unspecified atom stereocenters. The number of rotatable bonds is 1. The van der Waals surface area contributed by atoms with Gasteiger partial charge in [-0.3, -0.25) is 4.79 Å². The zero-order chi connectivity index (χ0) is 16.5. The van der Waals surface area contributed by atoms with Crippen molar-refractivity contribution in [2.24, 2.45) is 17.3 Å². The maximum Gasteiger partial charge on any atom is 0.334 e. The fourth-order valence-electron chi connectivity index (χ4n) is 5.48. The van der Waals surface area contributed by atoms with Crippen LogP contribution in [0.5, 0.6) is 0 Å². The molecule has 5 heteroatoms. The van der Waals surface area contributed by atoms with Crippen molar-refractivity contribution < 1.29 is 23.5 Å². The van der Waals surface area contributed by atoms with Crippen molar-refractivity contribution in [1.29, 1.82) is 0 Å². The highest BCUT2D eigenvalue weighted by molar-refractivity contribution is 5.93. The van der Waals surface area contributed by atoms with Gasteiger partial charge in [0.1, 0.15) is 12.2 Å². The van der Waals surface area contributed by atoms with Gasteiger partial charge >= 0.3 is 11.9 Å². The van der Waals surface area contributed by atoms with Gasteiger partial charge < -0.3 is 13.9 Å². The highest BCUT2D eigenvalue weighted by Gasteiger charge is 2.64. The van der Waals surface area contributed by atoms with Gasteiger partial charge in [0.2, 0.25) is 0 Å². The molecule has 0 N–H and O–H groups in total. The molecule has 0 bridgehead atoms. The van der Waals surface area contributed by atoms with Gasteiger partial charge in [-0.25, -0.2) is 4.79 Å². The summed E-state index contributed by atoms with van der Waals surface area (Å²) in [5.41, 5.74) is 2.32. The third-order valence-electron chi connectivity index (χ3n) is 6.62. The number of carbonyl (C=O) groups excluding carboxylic acids is 2. The molecule has 1 aromatic rings. The Hall–Kier alpha value is -2.04. The number of hydrogen-bond donors (Lipinski definition) is 0. The molecule has 1 aromatic heterocycles. The zero-order valence-corrected chi connectivity index (χ0v) is 13.6. The van der Waals surface area contributed by atoms with E-state index >= 15 is 0 Å². The van der Waals surface area contributed by atoms with Crippen molar-refractivity contribution >= 4 is 11.9 Å². The average Bonchev–Trinajstić information content (AvgIpc) is 3.26. The molecule has 1 spiro atoms. The first-order chi connectivity index (χ1) is 11.6. The Morgan fingerprint density at radius 1 is 1.21 bits per heavy atom. The van der Waals surface area contributed by atoms with Crippen LogP contribution in [0.3, 0.4) is 0 Å². The van der Waals surface area contributed by atoms with Crippen LogP contribution in [-0.4, -0.2) is 18.0 Å². The normalized spacial score (nSPS) is 40.7. The summed E-state index contributed by atoms with van der Waals surface area (Å²) in [7, 11) is 0. The minimum atomic E-state index is -0.534. The summed E-state index contributed by atoms with van der Waals surface area (Å²) >= 11 is 0. The van der Waals surface area contributed by atoms with E-state index in [1.807, 2.05) is 6.07 Å². The van der Waals surface area contributed by atoms with Crippen molar-refractivity contribution in [1.82, 2.24) is 0 Å². The van der Waals surface area contributed by atoms with Gasteiger partial charge in [-0.1, -0.05) is 6.92 Å². The van der Waals surface area contributed by atoms with E-state index in [0.29, 0.717) is 12.8 Å². The van der Waals surface area contributed by atoms with E-state index in [9.17, 15) is 9.59 Å². The average molecular weight is 328 g/mol. The van der Waals surface area contributed by atoms with Gasteiger partial charge in [-0.2, -0.15) is 0 Å². The van der Waals surface area contributed by atoms with Crippen LogP contribution in [0.25, 0.3) is 0 Å². The Labute approximate surface area is 140 Å². The van der Waals surface area contributed by atoms with Gasteiger partial charge in [-0.05, 0) is 43.2 Å². The molecule has 0 radical (unpaired) electrons. The van der Waals surface area contributed by atoms with E-state index in [-0.39, 0.29) is 36.0 Å². The molecule has 2 aliphatic carbocycles. The zero-order valence-electron chi connectivity index (χ0n) is 13.6. The molecule has 126 valence electrons. The SMILES string of the molecule is C[C@@H]1C[C@H]2OC(=O)C3=C2[C@H](CCC3)[C@@]12C[C@H](c1ccoc1)OC2=O. The van der Waals surface area contributed by atoms with E-state index in [1.54, 1.807) is 12.5 Å². The van der Waals surface area contributed by atoms with Crippen molar-refractivity contribution in [2.75, 3.05) is 0 Å². The summed E-state index contributed by atoms with van der Waals surface area (Å²) in [5, 5.41) is 0. The number of ether oxygens (including phenoxy) is 2. The molecule has 5 nitrogen and oxygen atoms in total. The van der Waals surface area contributed by atoms with Crippen molar-refractivity contribution in [2.45, 2.75) is 51.2 Å². The first-order valence-electron chi connectivity index (χ1n) is 8.78. The van der Waals surface area contributed by atoms with Crippen molar-refractivity contribution in [3.05, 3.63) is 35.3 Å². The summed E-state index contributed by atoms with van der Waals surface area (Å²) in [6.45, 7) is 2.11. The predicted molar refractivity (Wildman–Crippen MR) is 82.6 cm³/mol. The highest BCUT2D eigenvalue weighted by Crippen LogP contribution is 2.62. The first-order valence-corrected chi connectivity index (χ1v) is 8.78. The predicted octanol–water partition coefficient (Wildman–Crippen LogP) is 3.32. The topological polar surface area (TPSA) is 65.7 Å². The number of hydrogen-bond acceptors (Lipinski definition) is 5. The molecule has 5 rings (SSSR count). The lowest BCUT2D eigenvalue weighted by Crippen LogP contribution is -2.49. The second-order valence-corrected chi connectivity index (χ2v) is 7.60. The van der Waals surface area contributed by atoms with E-state index in [0.717, 1.165) is 36.0 Å². The largest absolute Gasteiger partial charge is 0.472 e.